The van der Waals surface area contributed by atoms with Crippen molar-refractivity contribution >= 4 is 23.3 Å². The number of halogens is 3. The van der Waals surface area contributed by atoms with Gasteiger partial charge in [-0.25, -0.2) is 9.59 Å². The number of hydrogen-bond donors (Lipinski definition) is 2. The van der Waals surface area contributed by atoms with Crippen molar-refractivity contribution in [3.63, 3.8) is 0 Å². The summed E-state index contributed by atoms with van der Waals surface area (Å²) >= 11 is 0. The van der Waals surface area contributed by atoms with Crippen molar-refractivity contribution in [1.82, 2.24) is 0 Å². The zero-order chi connectivity index (χ0) is 19.9. The van der Waals surface area contributed by atoms with Gasteiger partial charge in [-0.2, -0.15) is 13.2 Å². The Morgan fingerprint density at radius 2 is 1.77 bits per heavy atom. The molecule has 26 heavy (non-hydrogen) atoms. The largest absolute Gasteiger partial charge is 0.506 e. The van der Waals surface area contributed by atoms with Crippen LogP contribution in [0.2, 0.25) is 0 Å². The van der Waals surface area contributed by atoms with Crippen LogP contribution in [0.1, 0.15) is 19.4 Å². The molecule has 12 heteroatoms. The lowest BCUT2D eigenvalue weighted by molar-refractivity contribution is -0.388. The summed E-state index contributed by atoms with van der Waals surface area (Å²) in [6.07, 6.45) is -4.41. The number of nitro groups is 1. The highest BCUT2D eigenvalue weighted by atomic mass is 19.4. The molecule has 0 bridgehead atoms. The van der Waals surface area contributed by atoms with Gasteiger partial charge in [-0.05, 0) is 6.07 Å². The summed E-state index contributed by atoms with van der Waals surface area (Å²) in [4.78, 5) is 32.9. The molecule has 0 saturated carbocycles. The molecule has 1 fully saturated rings. The van der Waals surface area contributed by atoms with Crippen LogP contribution in [0.4, 0.5) is 24.5 Å². The van der Waals surface area contributed by atoms with E-state index in [0.29, 0.717) is 12.3 Å². The van der Waals surface area contributed by atoms with Crippen LogP contribution in [0, 0.1) is 10.1 Å². The minimum absolute atomic E-state index is 0.272. The van der Waals surface area contributed by atoms with E-state index in [9.17, 15) is 38.0 Å². The zero-order valence-electron chi connectivity index (χ0n) is 13.2. The van der Waals surface area contributed by atoms with E-state index in [1.54, 1.807) is 0 Å². The lowest BCUT2D eigenvalue weighted by atomic mass is 10.1. The van der Waals surface area contributed by atoms with Crippen LogP contribution in [-0.2, 0) is 25.2 Å². The maximum absolute atomic E-state index is 12.9. The smallest absolute Gasteiger partial charge is 0.423 e. The van der Waals surface area contributed by atoms with Crippen molar-refractivity contribution < 1.29 is 42.3 Å². The third-order valence-corrected chi connectivity index (χ3v) is 3.10. The van der Waals surface area contributed by atoms with Gasteiger partial charge in [0.2, 0.25) is 0 Å². The minimum Gasteiger partial charge on any atom is -0.506 e. The van der Waals surface area contributed by atoms with Crippen molar-refractivity contribution in [1.29, 1.82) is 0 Å². The summed E-state index contributed by atoms with van der Waals surface area (Å²) in [5.74, 6) is -4.61. The Balaban J connectivity index is 2.40. The molecule has 0 aromatic heterocycles. The molecule has 2 N–H and O–H groups in total. The van der Waals surface area contributed by atoms with E-state index in [2.05, 4.69) is 5.32 Å². The average molecular weight is 376 g/mol. The third kappa shape index (κ3) is 3.84. The molecular weight excluding hydrogens is 365 g/mol. The van der Waals surface area contributed by atoms with Crippen molar-refractivity contribution in [2.75, 3.05) is 5.32 Å². The maximum atomic E-state index is 12.9. The molecule has 2 rings (SSSR count). The summed E-state index contributed by atoms with van der Waals surface area (Å²) in [5, 5.41) is 22.5. The number of aromatic hydroxyl groups is 1. The number of carbonyl (C=O) groups is 2. The van der Waals surface area contributed by atoms with Crippen molar-refractivity contribution in [3.05, 3.63) is 39.6 Å². The quantitative estimate of drug-likeness (QED) is 0.206. The lowest BCUT2D eigenvalue weighted by Crippen LogP contribution is -2.42. The number of anilines is 1. The minimum atomic E-state index is -5.08. The highest BCUT2D eigenvalue weighted by Crippen LogP contribution is 2.41. The Morgan fingerprint density at radius 1 is 1.23 bits per heavy atom. The molecule has 1 aromatic carbocycles. The fourth-order valence-corrected chi connectivity index (χ4v) is 2.00. The predicted octanol–water partition coefficient (Wildman–Crippen LogP) is 2.45. The molecule has 1 aromatic rings. The zero-order valence-corrected chi connectivity index (χ0v) is 13.2. The van der Waals surface area contributed by atoms with Gasteiger partial charge in [0.15, 0.2) is 5.57 Å². The molecule has 140 valence electrons. The molecular formula is C14H11F3N2O7. The lowest BCUT2D eigenvalue weighted by Gasteiger charge is -2.29. The van der Waals surface area contributed by atoms with Crippen LogP contribution in [0.5, 0.6) is 5.75 Å². The van der Waals surface area contributed by atoms with E-state index in [1.807, 2.05) is 0 Å². The number of phenolic OH excluding ortho intramolecular Hbond substituents is 1. The molecule has 0 aliphatic carbocycles. The number of nitro benzene ring substituents is 1. The SMILES string of the molecule is CC1(C)OC(=O)C(=CNc2cc(C(F)(F)F)c([N+](=O)[O-])cc2O)C(=O)O1. The normalized spacial score (nSPS) is 16.6. The molecule has 0 radical (unpaired) electrons. The van der Waals surface area contributed by atoms with Crippen LogP contribution in [-0.4, -0.2) is 27.8 Å². The summed E-state index contributed by atoms with van der Waals surface area (Å²) in [6.45, 7) is 2.59. The standard InChI is InChI=1S/C14H11F3N2O7/c1-13(2)25-11(21)6(12(22)26-13)5-18-8-3-7(14(15,16)17)9(19(23)24)4-10(8)20/h3-5,18,20H,1-2H3. The van der Waals surface area contributed by atoms with E-state index in [4.69, 9.17) is 9.47 Å². The van der Waals surface area contributed by atoms with Gasteiger partial charge in [-0.3, -0.25) is 10.1 Å². The highest BCUT2D eigenvalue weighted by molar-refractivity contribution is 6.15. The van der Waals surface area contributed by atoms with Crippen LogP contribution < -0.4 is 5.32 Å². The molecule has 0 unspecified atom stereocenters. The second kappa shape index (κ2) is 6.20. The second-order valence-corrected chi connectivity index (χ2v) is 5.52. The van der Waals surface area contributed by atoms with Gasteiger partial charge in [-0.1, -0.05) is 0 Å². The number of rotatable bonds is 3. The Labute approximate surface area is 143 Å². The van der Waals surface area contributed by atoms with Crippen LogP contribution in [0.25, 0.3) is 0 Å². The Kier molecular flexibility index (Phi) is 4.54. The number of cyclic esters (lactones) is 2. The first-order chi connectivity index (χ1) is 11.8. The third-order valence-electron chi connectivity index (χ3n) is 3.10. The Hall–Kier alpha value is -3.31. The number of phenols is 1. The van der Waals surface area contributed by atoms with Crippen LogP contribution in [0.3, 0.4) is 0 Å². The molecule has 0 atom stereocenters. The van der Waals surface area contributed by atoms with Crippen LogP contribution in [0.15, 0.2) is 23.9 Å². The number of ether oxygens (including phenoxy) is 2. The van der Waals surface area contributed by atoms with Crippen molar-refractivity contribution in [2.24, 2.45) is 0 Å². The van der Waals surface area contributed by atoms with Gasteiger partial charge in [0.1, 0.15) is 11.3 Å². The molecule has 1 heterocycles. The number of alkyl halides is 3. The van der Waals surface area contributed by atoms with Gasteiger partial charge in [0, 0.05) is 20.0 Å². The summed E-state index contributed by atoms with van der Waals surface area (Å²) in [5.41, 5.74) is -4.28. The average Bonchev–Trinajstić information content (AvgIpc) is 2.44. The first-order valence-corrected chi connectivity index (χ1v) is 6.84. The molecule has 1 saturated heterocycles. The number of hydrogen-bond acceptors (Lipinski definition) is 8. The van der Waals surface area contributed by atoms with Gasteiger partial charge in [0.25, 0.3) is 11.5 Å². The van der Waals surface area contributed by atoms with E-state index in [0.717, 1.165) is 0 Å². The fraction of sp³-hybridized carbons (Fsp3) is 0.286. The number of benzene rings is 1. The van der Waals surface area contributed by atoms with Gasteiger partial charge < -0.3 is 19.9 Å². The van der Waals surface area contributed by atoms with E-state index >= 15 is 0 Å². The van der Waals surface area contributed by atoms with E-state index in [-0.39, 0.29) is 6.07 Å². The highest BCUT2D eigenvalue weighted by Gasteiger charge is 2.40. The first kappa shape index (κ1) is 19.0. The second-order valence-electron chi connectivity index (χ2n) is 5.52. The summed E-state index contributed by atoms with van der Waals surface area (Å²) in [6, 6.07) is 0.568. The number of nitrogens with one attached hydrogen (secondary N) is 1. The fourth-order valence-electron chi connectivity index (χ4n) is 2.00. The molecule has 0 amide bonds. The molecule has 9 nitrogen and oxygen atoms in total. The van der Waals surface area contributed by atoms with E-state index < -0.39 is 57.1 Å². The van der Waals surface area contributed by atoms with Crippen molar-refractivity contribution in [2.45, 2.75) is 25.8 Å². The number of esters is 2. The monoisotopic (exact) mass is 376 g/mol. The maximum Gasteiger partial charge on any atom is 0.423 e. The first-order valence-electron chi connectivity index (χ1n) is 6.84. The Morgan fingerprint density at radius 3 is 2.23 bits per heavy atom. The van der Waals surface area contributed by atoms with Gasteiger partial charge in [0.05, 0.1) is 16.7 Å². The Bertz CT molecular complexity index is 809. The number of nitrogens with zero attached hydrogens (tertiary/aromatic N) is 1. The van der Waals surface area contributed by atoms with Crippen molar-refractivity contribution in [3.8, 4) is 5.75 Å². The summed E-state index contributed by atoms with van der Waals surface area (Å²) in [7, 11) is 0. The molecule has 1 aliphatic heterocycles. The van der Waals surface area contributed by atoms with E-state index in [1.165, 1.54) is 13.8 Å². The predicted molar refractivity (Wildman–Crippen MR) is 77.7 cm³/mol. The number of carbonyl (C=O) groups excluding carboxylic acids is 2. The molecule has 0 spiro atoms. The van der Waals surface area contributed by atoms with Gasteiger partial charge >= 0.3 is 18.1 Å². The van der Waals surface area contributed by atoms with Gasteiger partial charge in [-0.15, -0.1) is 0 Å². The molecule has 1 aliphatic rings. The summed E-state index contributed by atoms with van der Waals surface area (Å²) < 4.78 is 48.4. The van der Waals surface area contributed by atoms with Crippen LogP contribution >= 0.6 is 0 Å². The topological polar surface area (TPSA) is 128 Å².